The van der Waals surface area contributed by atoms with Gasteiger partial charge >= 0.3 is 5.97 Å². The van der Waals surface area contributed by atoms with Gasteiger partial charge in [-0.05, 0) is 24.1 Å². The molecular weight excluding hydrogens is 316 g/mol. The summed E-state index contributed by atoms with van der Waals surface area (Å²) in [5.74, 6) is -0.855. The molecule has 0 aliphatic rings. The van der Waals surface area contributed by atoms with E-state index in [0.717, 1.165) is 17.7 Å². The quantitative estimate of drug-likeness (QED) is 0.511. The highest BCUT2D eigenvalue weighted by Gasteiger charge is 2.14. The van der Waals surface area contributed by atoms with Crippen molar-refractivity contribution in [2.45, 2.75) is 13.3 Å². The second-order valence-corrected chi connectivity index (χ2v) is 5.55. The first-order valence-corrected chi connectivity index (χ1v) is 8.06. The zero-order valence-corrected chi connectivity index (χ0v) is 13.9. The van der Waals surface area contributed by atoms with E-state index >= 15 is 0 Å². The predicted molar refractivity (Wildman–Crippen MR) is 94.0 cm³/mol. The van der Waals surface area contributed by atoms with E-state index in [9.17, 15) is 9.59 Å². The van der Waals surface area contributed by atoms with Crippen LogP contribution >= 0.6 is 0 Å². The number of ketones is 1. The number of carbonyl (C=O) groups is 2. The first kappa shape index (κ1) is 16.6. The van der Waals surface area contributed by atoms with Gasteiger partial charge in [0.1, 0.15) is 6.33 Å². The summed E-state index contributed by atoms with van der Waals surface area (Å²) >= 11 is 0. The first-order chi connectivity index (χ1) is 12.2. The van der Waals surface area contributed by atoms with Crippen molar-refractivity contribution in [1.82, 2.24) is 9.55 Å². The SMILES string of the molecule is CCc1ccc(C(=O)COC(=O)c2cn(-c3ccccc3)cn2)cc1. The molecule has 0 radical (unpaired) electrons. The van der Waals surface area contributed by atoms with Crippen LogP contribution in [0.5, 0.6) is 0 Å². The van der Waals surface area contributed by atoms with Crippen molar-refractivity contribution in [2.24, 2.45) is 0 Å². The number of ether oxygens (including phenoxy) is 1. The molecule has 3 rings (SSSR count). The van der Waals surface area contributed by atoms with Crippen LogP contribution in [0.25, 0.3) is 5.69 Å². The zero-order chi connectivity index (χ0) is 17.6. The van der Waals surface area contributed by atoms with Crippen molar-refractivity contribution >= 4 is 11.8 Å². The number of rotatable bonds is 6. The Morgan fingerprint density at radius 3 is 2.44 bits per heavy atom. The third-order valence-corrected chi connectivity index (χ3v) is 3.86. The van der Waals surface area contributed by atoms with E-state index in [1.807, 2.05) is 49.4 Å². The molecule has 0 atom stereocenters. The Morgan fingerprint density at radius 2 is 1.76 bits per heavy atom. The van der Waals surface area contributed by atoms with Crippen LogP contribution in [0.2, 0.25) is 0 Å². The lowest BCUT2D eigenvalue weighted by Crippen LogP contribution is -2.14. The Kier molecular flexibility index (Phi) is 5.04. The number of carbonyl (C=O) groups excluding carboxylic acids is 2. The van der Waals surface area contributed by atoms with Crippen LogP contribution in [0.15, 0.2) is 67.1 Å². The van der Waals surface area contributed by atoms with E-state index < -0.39 is 5.97 Å². The molecule has 0 bridgehead atoms. The lowest BCUT2D eigenvalue weighted by molar-refractivity contribution is 0.0469. The van der Waals surface area contributed by atoms with E-state index in [4.69, 9.17) is 4.74 Å². The molecule has 2 aromatic carbocycles. The fraction of sp³-hybridized carbons (Fsp3) is 0.150. The Bertz CT molecular complexity index is 867. The number of benzene rings is 2. The van der Waals surface area contributed by atoms with E-state index in [2.05, 4.69) is 4.98 Å². The van der Waals surface area contributed by atoms with Gasteiger partial charge in [-0.3, -0.25) is 4.79 Å². The van der Waals surface area contributed by atoms with Gasteiger partial charge in [0.2, 0.25) is 0 Å². The molecule has 0 aliphatic carbocycles. The predicted octanol–water partition coefficient (Wildman–Crippen LogP) is 3.47. The Labute approximate surface area is 145 Å². The van der Waals surface area contributed by atoms with Gasteiger partial charge in [-0.25, -0.2) is 9.78 Å². The number of hydrogen-bond donors (Lipinski definition) is 0. The van der Waals surface area contributed by atoms with Crippen LogP contribution in [-0.4, -0.2) is 27.9 Å². The minimum atomic E-state index is -0.617. The average molecular weight is 334 g/mol. The molecule has 0 N–H and O–H groups in total. The number of Topliss-reactive ketones (excluding diaryl/α,β-unsaturated/α-hetero) is 1. The molecule has 0 saturated carbocycles. The summed E-state index contributed by atoms with van der Waals surface area (Å²) in [5, 5.41) is 0. The van der Waals surface area contributed by atoms with Gasteiger partial charge in [-0.15, -0.1) is 0 Å². The van der Waals surface area contributed by atoms with Crippen molar-refractivity contribution in [3.8, 4) is 5.69 Å². The molecule has 1 aromatic heterocycles. The number of nitrogens with zero attached hydrogens (tertiary/aromatic N) is 2. The monoisotopic (exact) mass is 334 g/mol. The van der Waals surface area contributed by atoms with Gasteiger partial charge in [-0.1, -0.05) is 49.4 Å². The number of esters is 1. The molecule has 0 saturated heterocycles. The second-order valence-electron chi connectivity index (χ2n) is 5.55. The maximum atomic E-state index is 12.1. The molecule has 0 fully saturated rings. The summed E-state index contributed by atoms with van der Waals surface area (Å²) in [4.78, 5) is 28.2. The molecule has 25 heavy (non-hydrogen) atoms. The van der Waals surface area contributed by atoms with Crippen LogP contribution in [-0.2, 0) is 11.2 Å². The van der Waals surface area contributed by atoms with Crippen LogP contribution in [0.3, 0.4) is 0 Å². The van der Waals surface area contributed by atoms with Gasteiger partial charge < -0.3 is 9.30 Å². The molecule has 0 unspecified atom stereocenters. The fourth-order valence-corrected chi connectivity index (χ4v) is 2.38. The summed E-state index contributed by atoms with van der Waals surface area (Å²) in [6.45, 7) is 1.75. The largest absolute Gasteiger partial charge is 0.453 e. The van der Waals surface area contributed by atoms with E-state index in [0.29, 0.717) is 5.56 Å². The maximum absolute atomic E-state index is 12.1. The number of para-hydroxylation sites is 1. The summed E-state index contributed by atoms with van der Waals surface area (Å²) in [5.41, 5.74) is 2.74. The van der Waals surface area contributed by atoms with Crippen LogP contribution in [0.1, 0.15) is 33.3 Å². The average Bonchev–Trinajstić information content (AvgIpc) is 3.17. The number of imidazole rings is 1. The molecule has 5 heteroatoms. The van der Waals surface area contributed by atoms with Gasteiger partial charge in [-0.2, -0.15) is 0 Å². The Morgan fingerprint density at radius 1 is 1.04 bits per heavy atom. The summed E-state index contributed by atoms with van der Waals surface area (Å²) in [6, 6.07) is 16.8. The van der Waals surface area contributed by atoms with Crippen LogP contribution < -0.4 is 0 Å². The molecule has 126 valence electrons. The van der Waals surface area contributed by atoms with E-state index in [1.54, 1.807) is 22.9 Å². The standard InChI is InChI=1S/C20H18N2O3/c1-2-15-8-10-16(11-9-15)19(23)13-25-20(24)18-12-22(14-21-18)17-6-4-3-5-7-17/h3-12,14H,2,13H2,1H3. The van der Waals surface area contributed by atoms with Gasteiger partial charge in [0, 0.05) is 17.4 Å². The lowest BCUT2D eigenvalue weighted by atomic mass is 10.1. The molecule has 1 heterocycles. The summed E-state index contributed by atoms with van der Waals surface area (Å²) in [7, 11) is 0. The molecule has 3 aromatic rings. The molecule has 0 amide bonds. The molecular formula is C20H18N2O3. The topological polar surface area (TPSA) is 61.2 Å². The summed E-state index contributed by atoms with van der Waals surface area (Å²) < 4.78 is 6.81. The number of aromatic nitrogens is 2. The van der Waals surface area contributed by atoms with Crippen LogP contribution in [0.4, 0.5) is 0 Å². The number of hydrogen-bond acceptors (Lipinski definition) is 4. The third kappa shape index (κ3) is 4.01. The fourth-order valence-electron chi connectivity index (χ4n) is 2.38. The minimum absolute atomic E-state index is 0.165. The van der Waals surface area contributed by atoms with Gasteiger partial charge in [0.15, 0.2) is 18.1 Å². The first-order valence-electron chi connectivity index (χ1n) is 8.06. The highest BCUT2D eigenvalue weighted by Crippen LogP contribution is 2.10. The van der Waals surface area contributed by atoms with Crippen molar-refractivity contribution in [3.63, 3.8) is 0 Å². The second kappa shape index (κ2) is 7.57. The summed E-state index contributed by atoms with van der Waals surface area (Å²) in [6.07, 6.45) is 4.03. The Hall–Kier alpha value is -3.21. The van der Waals surface area contributed by atoms with Gasteiger partial charge in [0.05, 0.1) is 0 Å². The third-order valence-electron chi connectivity index (χ3n) is 3.86. The minimum Gasteiger partial charge on any atom is -0.453 e. The number of aryl methyl sites for hydroxylation is 1. The lowest BCUT2D eigenvalue weighted by Gasteiger charge is -2.04. The smallest absolute Gasteiger partial charge is 0.358 e. The molecule has 0 aliphatic heterocycles. The van der Waals surface area contributed by atoms with E-state index in [1.165, 1.54) is 6.33 Å². The van der Waals surface area contributed by atoms with Crippen LogP contribution in [0, 0.1) is 0 Å². The maximum Gasteiger partial charge on any atom is 0.358 e. The van der Waals surface area contributed by atoms with Crippen molar-refractivity contribution in [3.05, 3.63) is 83.9 Å². The highest BCUT2D eigenvalue weighted by atomic mass is 16.5. The van der Waals surface area contributed by atoms with E-state index in [-0.39, 0.29) is 18.1 Å². The zero-order valence-electron chi connectivity index (χ0n) is 13.9. The highest BCUT2D eigenvalue weighted by molar-refractivity contribution is 5.99. The molecule has 0 spiro atoms. The van der Waals surface area contributed by atoms with Crippen molar-refractivity contribution in [2.75, 3.05) is 6.61 Å². The Balaban J connectivity index is 1.60. The van der Waals surface area contributed by atoms with Crippen molar-refractivity contribution in [1.29, 1.82) is 0 Å². The molecule has 5 nitrogen and oxygen atoms in total. The van der Waals surface area contributed by atoms with Gasteiger partial charge in [0.25, 0.3) is 0 Å². The normalized spacial score (nSPS) is 10.4. The van der Waals surface area contributed by atoms with Crippen molar-refractivity contribution < 1.29 is 14.3 Å².